The minimum absolute atomic E-state index is 0.0596. The van der Waals surface area contributed by atoms with Crippen LogP contribution in [0.3, 0.4) is 0 Å². The molecule has 0 bridgehead atoms. The number of nitrogens with zero attached hydrogens (tertiary/aromatic N) is 1. The average molecular weight is 448 g/mol. The molecule has 1 aliphatic heterocycles. The van der Waals surface area contributed by atoms with E-state index in [0.29, 0.717) is 24.6 Å². The van der Waals surface area contributed by atoms with Gasteiger partial charge < -0.3 is 9.64 Å². The van der Waals surface area contributed by atoms with E-state index in [9.17, 15) is 14.0 Å². The second-order valence-electron chi connectivity index (χ2n) is 7.98. The van der Waals surface area contributed by atoms with Crippen LogP contribution in [0, 0.1) is 11.7 Å². The molecular formula is C26H26FN3O3. The molecule has 0 aromatic heterocycles. The lowest BCUT2D eigenvalue weighted by molar-refractivity contribution is -0.125. The van der Waals surface area contributed by atoms with Crippen LogP contribution >= 0.6 is 0 Å². The molecule has 170 valence electrons. The number of anilines is 2. The number of halogens is 1. The molecule has 1 atom stereocenters. The molecule has 0 saturated carbocycles. The van der Waals surface area contributed by atoms with Gasteiger partial charge in [-0.1, -0.05) is 37.3 Å². The molecule has 0 radical (unpaired) electrons. The van der Waals surface area contributed by atoms with E-state index in [-0.39, 0.29) is 24.1 Å². The summed E-state index contributed by atoms with van der Waals surface area (Å²) < 4.78 is 18.8. The smallest absolute Gasteiger partial charge is 0.243 e. The third-order valence-electron chi connectivity index (χ3n) is 5.63. The van der Waals surface area contributed by atoms with Gasteiger partial charge in [-0.15, -0.1) is 0 Å². The molecule has 0 spiro atoms. The van der Waals surface area contributed by atoms with Crippen LogP contribution in [-0.4, -0.2) is 18.4 Å². The first kappa shape index (κ1) is 22.3. The highest BCUT2D eigenvalue weighted by Crippen LogP contribution is 2.26. The molecule has 6 nitrogen and oxygen atoms in total. The Hall–Kier alpha value is -3.87. The molecule has 0 unspecified atom stereocenters. The van der Waals surface area contributed by atoms with Gasteiger partial charge in [0.1, 0.15) is 18.2 Å². The Balaban J connectivity index is 1.30. The number of carbonyl (C=O) groups is 2. The maximum Gasteiger partial charge on any atom is 0.243 e. The van der Waals surface area contributed by atoms with Crippen molar-refractivity contribution in [2.24, 2.45) is 5.92 Å². The van der Waals surface area contributed by atoms with Crippen molar-refractivity contribution in [1.82, 2.24) is 5.43 Å². The summed E-state index contributed by atoms with van der Waals surface area (Å²) >= 11 is 0. The summed E-state index contributed by atoms with van der Waals surface area (Å²) in [5.41, 5.74) is 9.10. The molecule has 1 aliphatic rings. The van der Waals surface area contributed by atoms with Gasteiger partial charge in [-0.3, -0.25) is 20.4 Å². The third kappa shape index (κ3) is 5.68. The topological polar surface area (TPSA) is 70.7 Å². The van der Waals surface area contributed by atoms with E-state index < -0.39 is 5.92 Å². The van der Waals surface area contributed by atoms with E-state index in [4.69, 9.17) is 4.74 Å². The van der Waals surface area contributed by atoms with E-state index in [1.807, 2.05) is 24.3 Å². The van der Waals surface area contributed by atoms with Crippen LogP contribution in [0.15, 0.2) is 72.8 Å². The molecule has 7 heteroatoms. The van der Waals surface area contributed by atoms with Crippen LogP contribution in [0.25, 0.3) is 0 Å². The van der Waals surface area contributed by atoms with Crippen LogP contribution in [0.1, 0.15) is 24.5 Å². The molecule has 33 heavy (non-hydrogen) atoms. The van der Waals surface area contributed by atoms with Crippen molar-refractivity contribution >= 4 is 23.2 Å². The second-order valence-corrected chi connectivity index (χ2v) is 7.98. The second kappa shape index (κ2) is 10.2. The summed E-state index contributed by atoms with van der Waals surface area (Å²) in [4.78, 5) is 26.8. The largest absolute Gasteiger partial charge is 0.489 e. The molecule has 2 N–H and O–H groups in total. The minimum atomic E-state index is -0.436. The molecular weight excluding hydrogens is 421 g/mol. The Morgan fingerprint density at radius 3 is 2.52 bits per heavy atom. The predicted molar refractivity (Wildman–Crippen MR) is 125 cm³/mol. The highest BCUT2D eigenvalue weighted by molar-refractivity contribution is 6.00. The first-order valence-corrected chi connectivity index (χ1v) is 10.9. The fraction of sp³-hybridized carbons (Fsp3) is 0.231. The quantitative estimate of drug-likeness (QED) is 0.500. The van der Waals surface area contributed by atoms with Gasteiger partial charge >= 0.3 is 0 Å². The zero-order valence-corrected chi connectivity index (χ0v) is 18.4. The van der Waals surface area contributed by atoms with Crippen LogP contribution in [0.5, 0.6) is 5.75 Å². The van der Waals surface area contributed by atoms with Gasteiger partial charge in [-0.25, -0.2) is 4.39 Å². The maximum atomic E-state index is 13.0. The summed E-state index contributed by atoms with van der Waals surface area (Å²) in [5.74, 6) is -0.420. The average Bonchev–Trinajstić information content (AvgIpc) is 3.24. The minimum Gasteiger partial charge on any atom is -0.489 e. The number of hydrazine groups is 1. The predicted octanol–water partition coefficient (Wildman–Crippen LogP) is 4.46. The molecule has 1 saturated heterocycles. The lowest BCUT2D eigenvalue weighted by atomic mass is 10.1. The van der Waals surface area contributed by atoms with Crippen LogP contribution in [0.2, 0.25) is 0 Å². The highest BCUT2D eigenvalue weighted by atomic mass is 19.1. The van der Waals surface area contributed by atoms with Crippen LogP contribution < -0.4 is 20.5 Å². The van der Waals surface area contributed by atoms with Crippen LogP contribution in [0.4, 0.5) is 15.8 Å². The van der Waals surface area contributed by atoms with Crippen molar-refractivity contribution in [2.45, 2.75) is 26.4 Å². The monoisotopic (exact) mass is 447 g/mol. The van der Waals surface area contributed by atoms with Gasteiger partial charge in [0.25, 0.3) is 0 Å². The van der Waals surface area contributed by atoms with Crippen LogP contribution in [-0.2, 0) is 22.6 Å². The third-order valence-corrected chi connectivity index (χ3v) is 5.63. The molecule has 2 amide bonds. The highest BCUT2D eigenvalue weighted by Gasteiger charge is 2.35. The number of benzene rings is 3. The van der Waals surface area contributed by atoms with Crippen molar-refractivity contribution in [3.8, 4) is 5.75 Å². The van der Waals surface area contributed by atoms with E-state index in [1.165, 1.54) is 17.7 Å². The number of amides is 2. The Kier molecular flexibility index (Phi) is 6.88. The molecule has 3 aromatic carbocycles. The van der Waals surface area contributed by atoms with Gasteiger partial charge in [0.05, 0.1) is 11.6 Å². The van der Waals surface area contributed by atoms with E-state index in [0.717, 1.165) is 17.7 Å². The summed E-state index contributed by atoms with van der Waals surface area (Å²) in [6.45, 7) is 2.73. The van der Waals surface area contributed by atoms with Crippen molar-refractivity contribution in [1.29, 1.82) is 0 Å². The van der Waals surface area contributed by atoms with Crippen molar-refractivity contribution in [3.63, 3.8) is 0 Å². The van der Waals surface area contributed by atoms with Gasteiger partial charge in [0.15, 0.2) is 0 Å². The SMILES string of the molecule is CCc1ccc(N2C[C@H](C(=O)NNc3cccc(OCc4ccc(F)cc4)c3)CC2=O)cc1. The Bertz CT molecular complexity index is 1120. The Morgan fingerprint density at radius 1 is 1.06 bits per heavy atom. The summed E-state index contributed by atoms with van der Waals surface area (Å²) in [7, 11) is 0. The lowest BCUT2D eigenvalue weighted by Gasteiger charge is -2.17. The number of nitrogens with one attached hydrogen (secondary N) is 2. The van der Waals surface area contributed by atoms with Crippen molar-refractivity contribution < 1.29 is 18.7 Å². The van der Waals surface area contributed by atoms with E-state index in [2.05, 4.69) is 17.8 Å². The van der Waals surface area contributed by atoms with Gasteiger partial charge in [0, 0.05) is 24.7 Å². The van der Waals surface area contributed by atoms with Gasteiger partial charge in [-0.05, 0) is 53.9 Å². The summed E-state index contributed by atoms with van der Waals surface area (Å²) in [6.07, 6.45) is 1.10. The number of hydrogen-bond donors (Lipinski definition) is 2. The fourth-order valence-corrected chi connectivity index (χ4v) is 3.69. The van der Waals surface area contributed by atoms with E-state index in [1.54, 1.807) is 41.3 Å². The maximum absolute atomic E-state index is 13.0. The standard InChI is InChI=1S/C26H26FN3O3/c1-2-18-8-12-23(13-9-18)30-16-20(14-25(30)31)26(32)29-28-22-4-3-5-24(15-22)33-17-19-6-10-21(27)11-7-19/h3-13,15,20,28H,2,14,16-17H2,1H3,(H,29,32)/t20-/m1/s1. The number of carbonyl (C=O) groups excluding carboxylic acids is 2. The van der Waals surface area contributed by atoms with Crippen molar-refractivity contribution in [3.05, 3.63) is 89.7 Å². The number of aryl methyl sites for hydroxylation is 1. The Morgan fingerprint density at radius 2 is 1.79 bits per heavy atom. The number of ether oxygens (including phenoxy) is 1. The van der Waals surface area contributed by atoms with E-state index >= 15 is 0 Å². The zero-order valence-electron chi connectivity index (χ0n) is 18.4. The molecule has 1 heterocycles. The molecule has 4 rings (SSSR count). The van der Waals surface area contributed by atoms with Gasteiger partial charge in [0.2, 0.25) is 11.8 Å². The zero-order chi connectivity index (χ0) is 23.2. The summed E-state index contributed by atoms with van der Waals surface area (Å²) in [6, 6.07) is 21.1. The molecule has 0 aliphatic carbocycles. The molecule has 3 aromatic rings. The Labute approximate surface area is 192 Å². The lowest BCUT2D eigenvalue weighted by Crippen LogP contribution is -2.36. The fourth-order valence-electron chi connectivity index (χ4n) is 3.69. The van der Waals surface area contributed by atoms with Gasteiger partial charge in [-0.2, -0.15) is 0 Å². The first-order valence-electron chi connectivity index (χ1n) is 10.9. The van der Waals surface area contributed by atoms with Crippen molar-refractivity contribution in [2.75, 3.05) is 16.9 Å². The normalized spacial score (nSPS) is 15.4. The number of hydrogen-bond acceptors (Lipinski definition) is 4. The molecule has 1 fully saturated rings. The summed E-state index contributed by atoms with van der Waals surface area (Å²) in [5, 5.41) is 0. The first-order chi connectivity index (χ1) is 16.0. The number of rotatable bonds is 8.